The Morgan fingerprint density at radius 3 is 2.64 bits per heavy atom. The average molecular weight is 450 g/mol. The molecule has 3 atom stereocenters. The number of nitrogens with one attached hydrogen (secondary N) is 1. The van der Waals surface area contributed by atoms with Gasteiger partial charge in [0.1, 0.15) is 0 Å². The van der Waals surface area contributed by atoms with E-state index in [1.54, 1.807) is 17.0 Å². The lowest BCUT2D eigenvalue weighted by molar-refractivity contribution is -0.136. The molecule has 7 heteroatoms. The molecule has 0 bridgehead atoms. The van der Waals surface area contributed by atoms with Crippen LogP contribution in [-0.2, 0) is 22.6 Å². The Morgan fingerprint density at radius 2 is 1.82 bits per heavy atom. The van der Waals surface area contributed by atoms with Gasteiger partial charge in [-0.2, -0.15) is 0 Å². The molecule has 5 rings (SSSR count). The van der Waals surface area contributed by atoms with Crippen LogP contribution in [0, 0.1) is 11.8 Å². The van der Waals surface area contributed by atoms with E-state index in [9.17, 15) is 14.4 Å². The van der Waals surface area contributed by atoms with Gasteiger partial charge >= 0.3 is 0 Å². The van der Waals surface area contributed by atoms with Crippen molar-refractivity contribution in [3.63, 3.8) is 0 Å². The molecule has 1 saturated heterocycles. The lowest BCUT2D eigenvalue weighted by Gasteiger charge is -2.33. The van der Waals surface area contributed by atoms with Gasteiger partial charge in [0.15, 0.2) is 5.76 Å². The highest BCUT2D eigenvalue weighted by molar-refractivity contribution is 5.93. The Hall–Kier alpha value is -3.09. The van der Waals surface area contributed by atoms with Crippen LogP contribution in [0.5, 0.6) is 0 Å². The van der Waals surface area contributed by atoms with Crippen molar-refractivity contribution < 1.29 is 18.8 Å². The lowest BCUT2D eigenvalue weighted by Crippen LogP contribution is -2.48. The Bertz CT molecular complexity index is 1020. The van der Waals surface area contributed by atoms with Gasteiger partial charge in [0.2, 0.25) is 11.8 Å². The monoisotopic (exact) mass is 449 g/mol. The molecule has 3 heterocycles. The largest absolute Gasteiger partial charge is 0.459 e. The van der Waals surface area contributed by atoms with E-state index in [1.807, 2.05) is 17.0 Å². The van der Waals surface area contributed by atoms with Crippen LogP contribution in [0.2, 0.25) is 0 Å². The molecule has 3 unspecified atom stereocenters. The van der Waals surface area contributed by atoms with Crippen molar-refractivity contribution in [2.24, 2.45) is 11.8 Å². The van der Waals surface area contributed by atoms with E-state index >= 15 is 0 Å². The number of hydrogen-bond acceptors (Lipinski definition) is 4. The molecule has 2 aliphatic heterocycles. The van der Waals surface area contributed by atoms with Crippen molar-refractivity contribution >= 4 is 17.7 Å². The first-order valence-corrected chi connectivity index (χ1v) is 12.1. The maximum absolute atomic E-state index is 13.5. The van der Waals surface area contributed by atoms with Gasteiger partial charge in [-0.15, -0.1) is 0 Å². The molecule has 2 aromatic rings. The first kappa shape index (κ1) is 21.7. The third-order valence-electron chi connectivity index (χ3n) is 7.43. The number of rotatable bonds is 2. The van der Waals surface area contributed by atoms with Crippen LogP contribution in [0.3, 0.4) is 0 Å². The predicted molar refractivity (Wildman–Crippen MR) is 122 cm³/mol. The fourth-order valence-corrected chi connectivity index (χ4v) is 5.67. The number of carbonyl (C=O) groups excluding carboxylic acids is 3. The Kier molecular flexibility index (Phi) is 6.20. The zero-order valence-electron chi connectivity index (χ0n) is 18.9. The zero-order chi connectivity index (χ0) is 22.8. The summed E-state index contributed by atoms with van der Waals surface area (Å²) in [5.74, 6) is -0.489. The summed E-state index contributed by atoms with van der Waals surface area (Å²) in [4.78, 5) is 43.6. The van der Waals surface area contributed by atoms with Gasteiger partial charge < -0.3 is 19.5 Å². The maximum atomic E-state index is 13.5. The fraction of sp³-hybridized carbons (Fsp3) is 0.500. The standard InChI is InChI=1S/C26H31N3O4/c30-24-21-15-20(25(31)28-13-10-18-7-2-3-8-19(18)17-28)16-22(21)29(12-5-1-4-11-27-24)26(32)23-9-6-14-33-23/h2-3,6-9,14,20-22H,1,4-5,10-13,15-17H2,(H,27,30). The molecular formula is C26H31N3O4. The van der Waals surface area contributed by atoms with Crippen LogP contribution in [0.15, 0.2) is 47.1 Å². The molecule has 0 spiro atoms. The summed E-state index contributed by atoms with van der Waals surface area (Å²) in [6, 6.07) is 11.3. The summed E-state index contributed by atoms with van der Waals surface area (Å²) in [6.45, 7) is 2.53. The first-order valence-electron chi connectivity index (χ1n) is 12.1. The topological polar surface area (TPSA) is 82.9 Å². The van der Waals surface area contributed by atoms with Gasteiger partial charge in [-0.1, -0.05) is 24.3 Å². The molecule has 1 saturated carbocycles. The fourth-order valence-electron chi connectivity index (χ4n) is 5.67. The van der Waals surface area contributed by atoms with E-state index in [0.717, 1.165) is 25.7 Å². The zero-order valence-corrected chi connectivity index (χ0v) is 18.9. The highest BCUT2D eigenvalue weighted by Crippen LogP contribution is 2.38. The highest BCUT2D eigenvalue weighted by atomic mass is 16.3. The van der Waals surface area contributed by atoms with Crippen LogP contribution in [0.25, 0.3) is 0 Å². The molecule has 1 N–H and O–H groups in total. The molecular weight excluding hydrogens is 418 g/mol. The van der Waals surface area contributed by atoms with Crippen molar-refractivity contribution in [3.8, 4) is 0 Å². The average Bonchev–Trinajstić information content (AvgIpc) is 3.53. The molecule has 1 aromatic heterocycles. The normalized spacial score (nSPS) is 25.7. The van der Waals surface area contributed by atoms with Crippen molar-refractivity contribution in [2.45, 2.75) is 51.1 Å². The Morgan fingerprint density at radius 1 is 0.970 bits per heavy atom. The number of fused-ring (bicyclic) bond motifs is 2. The second-order valence-electron chi connectivity index (χ2n) is 9.45. The second-order valence-corrected chi connectivity index (χ2v) is 9.45. The summed E-state index contributed by atoms with van der Waals surface area (Å²) in [5.41, 5.74) is 2.50. The summed E-state index contributed by atoms with van der Waals surface area (Å²) in [7, 11) is 0. The number of hydrogen-bond donors (Lipinski definition) is 1. The molecule has 3 amide bonds. The van der Waals surface area contributed by atoms with E-state index < -0.39 is 0 Å². The summed E-state index contributed by atoms with van der Waals surface area (Å²) >= 11 is 0. The van der Waals surface area contributed by atoms with E-state index in [-0.39, 0.29) is 41.4 Å². The van der Waals surface area contributed by atoms with Crippen molar-refractivity contribution in [1.29, 1.82) is 0 Å². The SMILES string of the molecule is O=C1NCCCCCN(C(=O)c2ccco2)C2CC(C(=O)N3CCc4ccccc4C3)CC12. The van der Waals surface area contributed by atoms with Gasteiger partial charge in [0.05, 0.1) is 12.2 Å². The molecule has 1 aliphatic carbocycles. The Labute approximate surface area is 194 Å². The van der Waals surface area contributed by atoms with Gasteiger partial charge in [0.25, 0.3) is 5.91 Å². The van der Waals surface area contributed by atoms with E-state index in [2.05, 4.69) is 17.4 Å². The number of carbonyl (C=O) groups is 3. The lowest BCUT2D eigenvalue weighted by atomic mass is 9.97. The van der Waals surface area contributed by atoms with Gasteiger partial charge in [0, 0.05) is 38.1 Å². The molecule has 1 aromatic carbocycles. The summed E-state index contributed by atoms with van der Waals surface area (Å²) in [5, 5.41) is 3.04. The summed E-state index contributed by atoms with van der Waals surface area (Å²) < 4.78 is 5.39. The van der Waals surface area contributed by atoms with Crippen LogP contribution < -0.4 is 5.32 Å². The minimum Gasteiger partial charge on any atom is -0.459 e. The second kappa shape index (κ2) is 9.41. The minimum atomic E-state index is -0.381. The Balaban J connectivity index is 1.37. The van der Waals surface area contributed by atoms with Crippen molar-refractivity contribution in [2.75, 3.05) is 19.6 Å². The number of amides is 3. The molecule has 7 nitrogen and oxygen atoms in total. The smallest absolute Gasteiger partial charge is 0.289 e. The maximum Gasteiger partial charge on any atom is 0.289 e. The van der Waals surface area contributed by atoms with Crippen LogP contribution in [0.1, 0.15) is 53.8 Å². The van der Waals surface area contributed by atoms with Gasteiger partial charge in [-0.3, -0.25) is 14.4 Å². The van der Waals surface area contributed by atoms with Crippen molar-refractivity contribution in [3.05, 3.63) is 59.5 Å². The predicted octanol–water partition coefficient (Wildman–Crippen LogP) is 3.00. The van der Waals surface area contributed by atoms with Crippen LogP contribution in [-0.4, -0.2) is 53.2 Å². The van der Waals surface area contributed by atoms with Crippen LogP contribution >= 0.6 is 0 Å². The van der Waals surface area contributed by atoms with Crippen molar-refractivity contribution in [1.82, 2.24) is 15.1 Å². The summed E-state index contributed by atoms with van der Waals surface area (Å²) in [6.07, 6.45) is 6.04. The third kappa shape index (κ3) is 4.41. The molecule has 174 valence electrons. The highest BCUT2D eigenvalue weighted by Gasteiger charge is 2.47. The number of nitrogens with zero attached hydrogens (tertiary/aromatic N) is 2. The minimum absolute atomic E-state index is 0.0431. The van der Waals surface area contributed by atoms with E-state index in [4.69, 9.17) is 4.42 Å². The third-order valence-corrected chi connectivity index (χ3v) is 7.43. The molecule has 3 aliphatic rings. The first-order chi connectivity index (χ1) is 16.1. The quantitative estimate of drug-likeness (QED) is 0.764. The molecule has 0 radical (unpaired) electrons. The number of benzene rings is 1. The molecule has 33 heavy (non-hydrogen) atoms. The van der Waals surface area contributed by atoms with Gasteiger partial charge in [-0.05, 0) is 61.8 Å². The molecule has 2 fully saturated rings. The van der Waals surface area contributed by atoms with E-state index in [0.29, 0.717) is 39.0 Å². The van der Waals surface area contributed by atoms with Crippen LogP contribution in [0.4, 0.5) is 0 Å². The van der Waals surface area contributed by atoms with Gasteiger partial charge in [-0.25, -0.2) is 0 Å². The number of furan rings is 1. The van der Waals surface area contributed by atoms with E-state index in [1.165, 1.54) is 17.4 Å².